The Morgan fingerprint density at radius 1 is 1.38 bits per heavy atom. The first-order chi connectivity index (χ1) is 10.2. The van der Waals surface area contributed by atoms with E-state index in [0.717, 1.165) is 43.6 Å². The van der Waals surface area contributed by atoms with Crippen LogP contribution in [0.1, 0.15) is 24.0 Å². The van der Waals surface area contributed by atoms with Gasteiger partial charge in [0.1, 0.15) is 0 Å². The van der Waals surface area contributed by atoms with Crippen LogP contribution in [0.15, 0.2) is 24.3 Å². The molecule has 2 rings (SSSR count). The first-order valence-electron chi connectivity index (χ1n) is 7.37. The molecule has 1 aromatic carbocycles. The minimum Gasteiger partial charge on any atom is -0.358 e. The van der Waals surface area contributed by atoms with Gasteiger partial charge in [0, 0.05) is 32.7 Å². The summed E-state index contributed by atoms with van der Waals surface area (Å²) in [6, 6.07) is 10.4. The first kappa shape index (κ1) is 15.5. The number of likely N-dealkylation sites (N-methyl/N-ethyl adjacent to an activating group) is 1. The van der Waals surface area contributed by atoms with Gasteiger partial charge in [0.2, 0.25) is 5.91 Å². The second kappa shape index (κ2) is 7.77. The van der Waals surface area contributed by atoms with Gasteiger partial charge in [0.15, 0.2) is 0 Å². The van der Waals surface area contributed by atoms with Crippen molar-refractivity contribution in [1.29, 1.82) is 5.26 Å². The van der Waals surface area contributed by atoms with E-state index in [1.54, 1.807) is 7.05 Å². The normalized spacial score (nSPS) is 16.4. The van der Waals surface area contributed by atoms with Crippen molar-refractivity contribution in [3.8, 4) is 6.07 Å². The Balaban J connectivity index is 1.77. The molecule has 0 unspecified atom stereocenters. The van der Waals surface area contributed by atoms with Crippen LogP contribution < -0.4 is 10.6 Å². The van der Waals surface area contributed by atoms with Gasteiger partial charge < -0.3 is 10.6 Å². The molecule has 5 heteroatoms. The summed E-state index contributed by atoms with van der Waals surface area (Å²) in [5.41, 5.74) is 1.79. The molecule has 1 heterocycles. The Morgan fingerprint density at radius 3 is 2.76 bits per heavy atom. The van der Waals surface area contributed by atoms with E-state index in [4.69, 9.17) is 5.26 Å². The van der Waals surface area contributed by atoms with Gasteiger partial charge in [-0.25, -0.2) is 0 Å². The third kappa shape index (κ3) is 4.55. The molecule has 0 spiro atoms. The van der Waals surface area contributed by atoms with Crippen LogP contribution in [0.25, 0.3) is 0 Å². The maximum atomic E-state index is 11.3. The molecule has 0 bridgehead atoms. The zero-order valence-electron chi connectivity index (χ0n) is 12.4. The van der Waals surface area contributed by atoms with E-state index in [1.807, 2.05) is 24.3 Å². The number of piperidine rings is 1. The van der Waals surface area contributed by atoms with Gasteiger partial charge in [-0.05, 0) is 24.5 Å². The summed E-state index contributed by atoms with van der Waals surface area (Å²) in [6.07, 6.45) is 2.07. The summed E-state index contributed by atoms with van der Waals surface area (Å²) >= 11 is 0. The molecule has 5 nitrogen and oxygen atoms in total. The summed E-state index contributed by atoms with van der Waals surface area (Å²) in [4.78, 5) is 13.5. The molecular formula is C16H22N4O. The van der Waals surface area contributed by atoms with Crippen molar-refractivity contribution in [3.05, 3.63) is 35.4 Å². The highest BCUT2D eigenvalue weighted by Crippen LogP contribution is 2.12. The van der Waals surface area contributed by atoms with E-state index in [1.165, 1.54) is 0 Å². The number of hydrogen-bond donors (Lipinski definition) is 2. The minimum absolute atomic E-state index is 0.0735. The topological polar surface area (TPSA) is 68.2 Å². The van der Waals surface area contributed by atoms with Gasteiger partial charge in [0.25, 0.3) is 0 Å². The summed E-state index contributed by atoms with van der Waals surface area (Å²) < 4.78 is 0. The molecule has 112 valence electrons. The van der Waals surface area contributed by atoms with Crippen LogP contribution in [-0.4, -0.2) is 43.5 Å². The van der Waals surface area contributed by atoms with Crippen molar-refractivity contribution < 1.29 is 4.79 Å². The molecule has 0 aliphatic carbocycles. The highest BCUT2D eigenvalue weighted by Gasteiger charge is 2.20. The summed E-state index contributed by atoms with van der Waals surface area (Å²) in [6.45, 7) is 3.08. The molecule has 0 atom stereocenters. The average molecular weight is 286 g/mol. The molecular weight excluding hydrogens is 264 g/mol. The molecule has 0 radical (unpaired) electrons. The third-order valence-electron chi connectivity index (χ3n) is 3.95. The maximum absolute atomic E-state index is 11.3. The number of hydrogen-bond acceptors (Lipinski definition) is 4. The predicted octanol–water partition coefficient (Wildman–Crippen LogP) is 0.858. The number of nitrogens with one attached hydrogen (secondary N) is 2. The number of amides is 1. The van der Waals surface area contributed by atoms with E-state index in [0.29, 0.717) is 12.6 Å². The number of benzene rings is 1. The van der Waals surface area contributed by atoms with Crippen molar-refractivity contribution in [1.82, 2.24) is 15.5 Å². The van der Waals surface area contributed by atoms with E-state index >= 15 is 0 Å². The van der Waals surface area contributed by atoms with Crippen LogP contribution in [0.2, 0.25) is 0 Å². The fourth-order valence-electron chi connectivity index (χ4n) is 2.62. The van der Waals surface area contributed by atoms with Gasteiger partial charge in [-0.2, -0.15) is 5.26 Å². The fourth-order valence-corrected chi connectivity index (χ4v) is 2.62. The molecule has 0 saturated carbocycles. The van der Waals surface area contributed by atoms with Crippen LogP contribution in [0, 0.1) is 11.3 Å². The van der Waals surface area contributed by atoms with Crippen LogP contribution in [0.4, 0.5) is 0 Å². The summed E-state index contributed by atoms with van der Waals surface area (Å²) in [5, 5.41) is 15.3. The van der Waals surface area contributed by atoms with Gasteiger partial charge in [0.05, 0.1) is 18.2 Å². The highest BCUT2D eigenvalue weighted by atomic mass is 16.1. The summed E-state index contributed by atoms with van der Waals surface area (Å²) in [7, 11) is 1.67. The van der Waals surface area contributed by atoms with Crippen molar-refractivity contribution >= 4 is 5.91 Å². The van der Waals surface area contributed by atoms with Crippen LogP contribution in [-0.2, 0) is 11.3 Å². The molecule has 21 heavy (non-hydrogen) atoms. The van der Waals surface area contributed by atoms with Gasteiger partial charge in [-0.1, -0.05) is 18.2 Å². The third-order valence-corrected chi connectivity index (χ3v) is 3.95. The van der Waals surface area contributed by atoms with E-state index < -0.39 is 0 Å². The fraction of sp³-hybridized carbons (Fsp3) is 0.500. The predicted molar refractivity (Wildman–Crippen MR) is 81.5 cm³/mol. The quantitative estimate of drug-likeness (QED) is 0.842. The number of carbonyl (C=O) groups is 1. The van der Waals surface area contributed by atoms with E-state index in [-0.39, 0.29) is 5.91 Å². The molecule has 2 N–H and O–H groups in total. The minimum atomic E-state index is 0.0735. The monoisotopic (exact) mass is 286 g/mol. The molecule has 1 fully saturated rings. The standard InChI is InChI=1S/C16H22N4O/c1-18-16(21)12-20-8-6-15(7-9-20)19-11-14-5-3-2-4-13(14)10-17/h2-5,15,19H,6-9,11-12H2,1H3,(H,18,21). The number of nitriles is 1. The van der Waals surface area contributed by atoms with Crippen molar-refractivity contribution in [3.63, 3.8) is 0 Å². The lowest BCUT2D eigenvalue weighted by Crippen LogP contribution is -2.45. The van der Waals surface area contributed by atoms with Crippen molar-refractivity contribution in [2.24, 2.45) is 0 Å². The second-order valence-electron chi connectivity index (χ2n) is 5.37. The molecule has 1 aliphatic heterocycles. The first-order valence-corrected chi connectivity index (χ1v) is 7.37. The average Bonchev–Trinajstić information content (AvgIpc) is 2.54. The molecule has 1 aliphatic rings. The Bertz CT molecular complexity index is 515. The van der Waals surface area contributed by atoms with Gasteiger partial charge in [-0.15, -0.1) is 0 Å². The Hall–Kier alpha value is -1.90. The van der Waals surface area contributed by atoms with E-state index in [2.05, 4.69) is 21.6 Å². The number of rotatable bonds is 5. The Labute approximate surface area is 125 Å². The van der Waals surface area contributed by atoms with Crippen molar-refractivity contribution in [2.75, 3.05) is 26.7 Å². The molecule has 1 amide bonds. The highest BCUT2D eigenvalue weighted by molar-refractivity contribution is 5.77. The summed E-state index contributed by atoms with van der Waals surface area (Å²) in [5.74, 6) is 0.0735. The lowest BCUT2D eigenvalue weighted by Gasteiger charge is -2.31. The van der Waals surface area contributed by atoms with Crippen LogP contribution in [0.5, 0.6) is 0 Å². The lowest BCUT2D eigenvalue weighted by molar-refractivity contribution is -0.122. The molecule has 1 aromatic rings. The second-order valence-corrected chi connectivity index (χ2v) is 5.37. The van der Waals surface area contributed by atoms with Gasteiger partial charge in [-0.3, -0.25) is 9.69 Å². The van der Waals surface area contributed by atoms with Crippen LogP contribution >= 0.6 is 0 Å². The maximum Gasteiger partial charge on any atom is 0.233 e. The zero-order valence-corrected chi connectivity index (χ0v) is 12.4. The zero-order chi connectivity index (χ0) is 15.1. The van der Waals surface area contributed by atoms with E-state index in [9.17, 15) is 4.79 Å². The lowest BCUT2D eigenvalue weighted by atomic mass is 10.0. The Kier molecular flexibility index (Phi) is 5.73. The molecule has 1 saturated heterocycles. The number of carbonyl (C=O) groups excluding carboxylic acids is 1. The SMILES string of the molecule is CNC(=O)CN1CCC(NCc2ccccc2C#N)CC1. The van der Waals surface area contributed by atoms with Crippen molar-refractivity contribution in [2.45, 2.75) is 25.4 Å². The number of likely N-dealkylation sites (tertiary alicyclic amines) is 1. The molecule has 0 aromatic heterocycles. The largest absolute Gasteiger partial charge is 0.358 e. The number of nitrogens with zero attached hydrogens (tertiary/aromatic N) is 2. The smallest absolute Gasteiger partial charge is 0.233 e. The Morgan fingerprint density at radius 2 is 2.10 bits per heavy atom. The van der Waals surface area contributed by atoms with Crippen LogP contribution in [0.3, 0.4) is 0 Å². The van der Waals surface area contributed by atoms with Gasteiger partial charge >= 0.3 is 0 Å².